The highest BCUT2D eigenvalue weighted by molar-refractivity contribution is 6.19. The van der Waals surface area contributed by atoms with Crippen molar-refractivity contribution < 1.29 is 0 Å². The first-order chi connectivity index (χ1) is 29.7. The van der Waals surface area contributed by atoms with Crippen molar-refractivity contribution in [2.75, 3.05) is 0 Å². The van der Waals surface area contributed by atoms with Gasteiger partial charge in [-0.2, -0.15) is 0 Å². The number of fused-ring (bicyclic) bond motifs is 7. The molecule has 0 saturated heterocycles. The van der Waals surface area contributed by atoms with Crippen molar-refractivity contribution in [1.82, 2.24) is 19.1 Å². The van der Waals surface area contributed by atoms with Crippen molar-refractivity contribution in [2.24, 2.45) is 0 Å². The fourth-order valence-electron chi connectivity index (χ4n) is 9.10. The molecule has 12 aromatic rings. The number of para-hydroxylation sites is 3. The van der Waals surface area contributed by atoms with E-state index in [1.807, 2.05) is 12.1 Å². The number of hydrogen-bond donors (Lipinski definition) is 0. The van der Waals surface area contributed by atoms with E-state index in [0.717, 1.165) is 50.1 Å². The summed E-state index contributed by atoms with van der Waals surface area (Å²) in [5.74, 6) is 0.704. The number of aromatic nitrogens is 4. The second-order valence-electron chi connectivity index (χ2n) is 15.4. The monoisotopic (exact) mass is 764 g/mol. The maximum atomic E-state index is 5.21. The third-order valence-electron chi connectivity index (χ3n) is 11.9. The normalized spacial score (nSPS) is 11.7. The zero-order valence-electron chi connectivity index (χ0n) is 32.6. The third-order valence-corrected chi connectivity index (χ3v) is 11.9. The Morgan fingerprint density at radius 1 is 0.267 bits per heavy atom. The molecule has 3 heterocycles. The molecule has 280 valence electrons. The molecule has 12 rings (SSSR count). The Bertz CT molecular complexity index is 3580. The molecule has 0 aliphatic carbocycles. The smallest absolute Gasteiger partial charge is 0.160 e. The lowest BCUT2D eigenvalue weighted by Crippen LogP contribution is -1.98. The molecule has 60 heavy (non-hydrogen) atoms. The van der Waals surface area contributed by atoms with Gasteiger partial charge >= 0.3 is 0 Å². The Hall–Kier alpha value is -8.08. The van der Waals surface area contributed by atoms with Crippen LogP contribution in [0.15, 0.2) is 218 Å². The molecule has 0 amide bonds. The van der Waals surface area contributed by atoms with Gasteiger partial charge in [-0.1, -0.05) is 164 Å². The molecular formula is C56H36N4. The summed E-state index contributed by atoms with van der Waals surface area (Å²) in [5, 5.41) is 5.88. The topological polar surface area (TPSA) is 35.6 Å². The van der Waals surface area contributed by atoms with Crippen LogP contribution in [-0.4, -0.2) is 19.1 Å². The van der Waals surface area contributed by atoms with Crippen LogP contribution in [0.4, 0.5) is 0 Å². The summed E-state index contributed by atoms with van der Waals surface area (Å²) in [5.41, 5.74) is 15.6. The van der Waals surface area contributed by atoms with E-state index < -0.39 is 0 Å². The molecule has 9 aromatic carbocycles. The minimum absolute atomic E-state index is 0.704. The quantitative estimate of drug-likeness (QED) is 0.169. The van der Waals surface area contributed by atoms with Crippen molar-refractivity contribution in [3.63, 3.8) is 0 Å². The van der Waals surface area contributed by atoms with Crippen molar-refractivity contribution in [3.05, 3.63) is 218 Å². The number of rotatable bonds is 6. The fraction of sp³-hybridized carbons (Fsp3) is 0. The SMILES string of the molecule is c1ccc(-c2ccc(-c3cccc(-n4c5ccccc5c5cc6c(cc54)c4ccccc4n6-c4cccc(-c5nc(-c6ccccc6)c6ccccc6n5)c4)c3)cc2)cc1. The van der Waals surface area contributed by atoms with Crippen LogP contribution < -0.4 is 0 Å². The Morgan fingerprint density at radius 2 is 0.717 bits per heavy atom. The molecule has 0 bridgehead atoms. The number of nitrogens with zero attached hydrogens (tertiary/aromatic N) is 4. The second-order valence-corrected chi connectivity index (χ2v) is 15.4. The summed E-state index contributed by atoms with van der Waals surface area (Å²) in [6.45, 7) is 0. The summed E-state index contributed by atoms with van der Waals surface area (Å²) < 4.78 is 4.83. The average Bonchev–Trinajstić information content (AvgIpc) is 3.83. The van der Waals surface area contributed by atoms with Crippen molar-refractivity contribution in [3.8, 4) is 56.3 Å². The van der Waals surface area contributed by atoms with Gasteiger partial charge in [-0.3, -0.25) is 0 Å². The Kier molecular flexibility index (Phi) is 7.82. The van der Waals surface area contributed by atoms with E-state index in [4.69, 9.17) is 9.97 Å². The van der Waals surface area contributed by atoms with E-state index in [9.17, 15) is 0 Å². The Balaban J connectivity index is 1.02. The molecule has 4 nitrogen and oxygen atoms in total. The van der Waals surface area contributed by atoms with Gasteiger partial charge in [0.05, 0.1) is 33.3 Å². The largest absolute Gasteiger partial charge is 0.309 e. The predicted molar refractivity (Wildman–Crippen MR) is 250 cm³/mol. The van der Waals surface area contributed by atoms with Gasteiger partial charge in [0.15, 0.2) is 5.82 Å². The lowest BCUT2D eigenvalue weighted by Gasteiger charge is -2.12. The maximum absolute atomic E-state index is 5.21. The molecule has 0 unspecified atom stereocenters. The molecule has 3 aromatic heterocycles. The number of hydrogen-bond acceptors (Lipinski definition) is 2. The van der Waals surface area contributed by atoms with E-state index in [0.29, 0.717) is 5.82 Å². The highest BCUT2D eigenvalue weighted by atomic mass is 15.0. The minimum atomic E-state index is 0.704. The third kappa shape index (κ3) is 5.53. The molecule has 4 heteroatoms. The van der Waals surface area contributed by atoms with Crippen LogP contribution >= 0.6 is 0 Å². The lowest BCUT2D eigenvalue weighted by atomic mass is 10.00. The van der Waals surface area contributed by atoms with Crippen LogP contribution in [0.2, 0.25) is 0 Å². The van der Waals surface area contributed by atoms with E-state index in [1.165, 1.54) is 54.8 Å². The number of benzene rings is 9. The van der Waals surface area contributed by atoms with Crippen LogP contribution in [0.25, 0.3) is 111 Å². The van der Waals surface area contributed by atoms with Gasteiger partial charge in [0.25, 0.3) is 0 Å². The Labute approximate surface area is 346 Å². The van der Waals surface area contributed by atoms with Crippen LogP contribution in [0.5, 0.6) is 0 Å². The molecule has 0 spiro atoms. The summed E-state index contributed by atoms with van der Waals surface area (Å²) in [4.78, 5) is 10.3. The standard InChI is InChI=1S/C56H36N4/c1-3-15-37(16-4-1)38-29-31-39(32-30-38)41-19-13-21-43(33-41)59-51-27-11-8-23-45(51)48-36-54-49(35-53(48)59)46-24-9-12-28-52(46)60(54)44-22-14-20-42(34-44)56-57-50-26-10-7-25-47(50)55(58-56)40-17-5-2-6-18-40/h1-36H. The zero-order chi connectivity index (χ0) is 39.6. The van der Waals surface area contributed by atoms with Crippen molar-refractivity contribution >= 4 is 54.5 Å². The van der Waals surface area contributed by atoms with Gasteiger partial charge in [-0.05, 0) is 76.9 Å². The first-order valence-electron chi connectivity index (χ1n) is 20.4. The van der Waals surface area contributed by atoms with Crippen LogP contribution in [0.3, 0.4) is 0 Å². The van der Waals surface area contributed by atoms with Gasteiger partial charge in [0.2, 0.25) is 0 Å². The van der Waals surface area contributed by atoms with E-state index in [-0.39, 0.29) is 0 Å². The van der Waals surface area contributed by atoms with E-state index >= 15 is 0 Å². The van der Waals surface area contributed by atoms with Crippen LogP contribution in [-0.2, 0) is 0 Å². The molecule has 0 fully saturated rings. The second kappa shape index (κ2) is 13.8. The van der Waals surface area contributed by atoms with Crippen molar-refractivity contribution in [2.45, 2.75) is 0 Å². The first-order valence-corrected chi connectivity index (χ1v) is 20.4. The molecule has 0 atom stereocenters. The van der Waals surface area contributed by atoms with Gasteiger partial charge in [0.1, 0.15) is 0 Å². The molecule has 0 N–H and O–H groups in total. The first kappa shape index (κ1) is 34.0. The predicted octanol–water partition coefficient (Wildman–Crippen LogP) is 14.5. The molecular weight excluding hydrogens is 729 g/mol. The van der Waals surface area contributed by atoms with Gasteiger partial charge in [0, 0.05) is 49.4 Å². The van der Waals surface area contributed by atoms with Gasteiger partial charge in [-0.25, -0.2) is 9.97 Å². The highest BCUT2D eigenvalue weighted by Crippen LogP contribution is 2.41. The van der Waals surface area contributed by atoms with Gasteiger partial charge in [-0.15, -0.1) is 0 Å². The fourth-order valence-corrected chi connectivity index (χ4v) is 9.10. The highest BCUT2D eigenvalue weighted by Gasteiger charge is 2.20. The zero-order valence-corrected chi connectivity index (χ0v) is 32.6. The van der Waals surface area contributed by atoms with Crippen LogP contribution in [0, 0.1) is 0 Å². The average molecular weight is 765 g/mol. The summed E-state index contributed by atoms with van der Waals surface area (Å²) in [7, 11) is 0. The summed E-state index contributed by atoms with van der Waals surface area (Å²) in [6, 6.07) is 78.0. The van der Waals surface area contributed by atoms with E-state index in [2.05, 4.69) is 215 Å². The molecule has 0 aliphatic rings. The maximum Gasteiger partial charge on any atom is 0.160 e. The van der Waals surface area contributed by atoms with Gasteiger partial charge < -0.3 is 9.13 Å². The van der Waals surface area contributed by atoms with Crippen molar-refractivity contribution in [1.29, 1.82) is 0 Å². The molecule has 0 aliphatic heterocycles. The summed E-state index contributed by atoms with van der Waals surface area (Å²) in [6.07, 6.45) is 0. The van der Waals surface area contributed by atoms with E-state index in [1.54, 1.807) is 0 Å². The Morgan fingerprint density at radius 3 is 1.33 bits per heavy atom. The lowest BCUT2D eigenvalue weighted by molar-refractivity contribution is 1.17. The summed E-state index contributed by atoms with van der Waals surface area (Å²) >= 11 is 0. The minimum Gasteiger partial charge on any atom is -0.309 e. The molecule has 0 saturated carbocycles. The molecule has 0 radical (unpaired) electrons. The van der Waals surface area contributed by atoms with Crippen LogP contribution in [0.1, 0.15) is 0 Å².